The summed E-state index contributed by atoms with van der Waals surface area (Å²) in [7, 11) is 1.64. The van der Waals surface area contributed by atoms with Crippen molar-refractivity contribution in [3.05, 3.63) is 15.6 Å². The van der Waals surface area contributed by atoms with Crippen LogP contribution in [-0.4, -0.2) is 23.6 Å². The topological polar surface area (TPSA) is 47.0 Å². The lowest BCUT2D eigenvalue weighted by Crippen LogP contribution is -2.07. The molecule has 0 fully saturated rings. The number of hydrogen-bond acceptors (Lipinski definition) is 4. The monoisotopic (exact) mass is 307 g/mol. The van der Waals surface area contributed by atoms with Gasteiger partial charge in [0.15, 0.2) is 5.82 Å². The summed E-state index contributed by atoms with van der Waals surface area (Å²) in [5, 5.41) is 3.25. The van der Waals surface area contributed by atoms with E-state index in [0.717, 1.165) is 22.4 Å². The number of hydrogen-bond donors (Lipinski definition) is 1. The lowest BCUT2D eigenvalue weighted by molar-refractivity contribution is 0.178. The quantitative estimate of drug-likeness (QED) is 0.846. The average molecular weight is 307 g/mol. The second-order valence-corrected chi connectivity index (χ2v) is 4.00. The van der Waals surface area contributed by atoms with Crippen LogP contribution in [0.2, 0.25) is 0 Å². The number of halogens is 1. The van der Waals surface area contributed by atoms with Crippen LogP contribution in [-0.2, 0) is 11.3 Å². The molecule has 1 aromatic heterocycles. The highest BCUT2D eigenvalue weighted by molar-refractivity contribution is 14.1. The van der Waals surface area contributed by atoms with Crippen molar-refractivity contribution >= 4 is 28.4 Å². The molecule has 1 aromatic rings. The molecule has 0 bridgehead atoms. The summed E-state index contributed by atoms with van der Waals surface area (Å²) >= 11 is 2.22. The molecule has 0 unspecified atom stereocenters. The predicted molar refractivity (Wildman–Crippen MR) is 64.2 cm³/mol. The van der Waals surface area contributed by atoms with Gasteiger partial charge in [0.25, 0.3) is 0 Å². The van der Waals surface area contributed by atoms with Gasteiger partial charge >= 0.3 is 0 Å². The fourth-order valence-corrected chi connectivity index (χ4v) is 1.42. The minimum absolute atomic E-state index is 0.456. The Morgan fingerprint density at radius 3 is 3.00 bits per heavy atom. The number of nitrogens with one attached hydrogen (secondary N) is 1. The van der Waals surface area contributed by atoms with Crippen molar-refractivity contribution in [3.8, 4) is 0 Å². The van der Waals surface area contributed by atoms with E-state index in [1.807, 2.05) is 0 Å². The highest BCUT2D eigenvalue weighted by atomic mass is 127. The first-order valence-electron chi connectivity index (χ1n) is 4.52. The van der Waals surface area contributed by atoms with Crippen molar-refractivity contribution in [3.63, 3.8) is 0 Å². The summed E-state index contributed by atoms with van der Waals surface area (Å²) in [6.07, 6.45) is 2.89. The van der Waals surface area contributed by atoms with Crippen molar-refractivity contribution in [1.82, 2.24) is 9.97 Å². The Kier molecular flexibility index (Phi) is 5.10. The van der Waals surface area contributed by atoms with Crippen LogP contribution in [0.25, 0.3) is 0 Å². The third-order valence-corrected chi connectivity index (χ3v) is 2.40. The molecule has 0 spiro atoms. The molecule has 0 amide bonds. The van der Waals surface area contributed by atoms with E-state index in [1.165, 1.54) is 0 Å². The Hall–Kier alpha value is -0.430. The van der Waals surface area contributed by atoms with Crippen LogP contribution in [0.3, 0.4) is 0 Å². The third kappa shape index (κ3) is 3.38. The van der Waals surface area contributed by atoms with E-state index in [0.29, 0.717) is 12.4 Å². The lowest BCUT2D eigenvalue weighted by atomic mass is 10.4. The summed E-state index contributed by atoms with van der Waals surface area (Å²) in [5.41, 5.74) is 0. The standard InChI is InChI=1S/C9H14IN3O/c1-3-4-11-9-7(10)5-12-8(13-9)6-14-2/h5H,3-4,6H2,1-2H3,(H,11,12,13). The molecule has 1 rings (SSSR count). The lowest BCUT2D eigenvalue weighted by Gasteiger charge is -2.07. The van der Waals surface area contributed by atoms with Gasteiger partial charge in [0, 0.05) is 19.9 Å². The second-order valence-electron chi connectivity index (χ2n) is 2.84. The number of rotatable bonds is 5. The average Bonchev–Trinajstić information content (AvgIpc) is 2.19. The van der Waals surface area contributed by atoms with Crippen molar-refractivity contribution in [2.24, 2.45) is 0 Å². The normalized spacial score (nSPS) is 10.2. The molecule has 0 saturated carbocycles. The summed E-state index contributed by atoms with van der Waals surface area (Å²) in [6, 6.07) is 0. The van der Waals surface area contributed by atoms with E-state index in [1.54, 1.807) is 13.3 Å². The van der Waals surface area contributed by atoms with E-state index in [9.17, 15) is 0 Å². The smallest absolute Gasteiger partial charge is 0.156 e. The Morgan fingerprint density at radius 2 is 2.36 bits per heavy atom. The first kappa shape index (κ1) is 11.6. The van der Waals surface area contributed by atoms with Crippen LogP contribution in [0.4, 0.5) is 5.82 Å². The van der Waals surface area contributed by atoms with Gasteiger partial charge in [-0.3, -0.25) is 0 Å². The largest absolute Gasteiger partial charge is 0.377 e. The number of methoxy groups -OCH3 is 1. The second kappa shape index (κ2) is 6.13. The summed E-state index contributed by atoms with van der Waals surface area (Å²) in [6.45, 7) is 3.51. The predicted octanol–water partition coefficient (Wildman–Crippen LogP) is 2.05. The van der Waals surface area contributed by atoms with Gasteiger partial charge in [0.05, 0.1) is 3.57 Å². The van der Waals surface area contributed by atoms with Gasteiger partial charge in [-0.1, -0.05) is 6.92 Å². The first-order chi connectivity index (χ1) is 6.77. The van der Waals surface area contributed by atoms with Crippen LogP contribution in [0.1, 0.15) is 19.2 Å². The van der Waals surface area contributed by atoms with Crippen LogP contribution in [0, 0.1) is 3.57 Å². The van der Waals surface area contributed by atoms with Crippen molar-refractivity contribution in [1.29, 1.82) is 0 Å². The molecular weight excluding hydrogens is 293 g/mol. The van der Waals surface area contributed by atoms with Crippen molar-refractivity contribution in [2.75, 3.05) is 19.0 Å². The van der Waals surface area contributed by atoms with E-state index in [2.05, 4.69) is 44.8 Å². The zero-order valence-electron chi connectivity index (χ0n) is 8.38. The first-order valence-corrected chi connectivity index (χ1v) is 5.60. The zero-order chi connectivity index (χ0) is 10.4. The van der Waals surface area contributed by atoms with Crippen LogP contribution in [0.15, 0.2) is 6.20 Å². The SMILES string of the molecule is CCCNc1nc(COC)ncc1I. The van der Waals surface area contributed by atoms with E-state index < -0.39 is 0 Å². The van der Waals surface area contributed by atoms with Crippen LogP contribution >= 0.6 is 22.6 Å². The molecule has 1 heterocycles. The van der Waals surface area contributed by atoms with Gasteiger partial charge in [-0.05, 0) is 29.0 Å². The molecule has 0 radical (unpaired) electrons. The molecule has 4 nitrogen and oxygen atoms in total. The Bertz CT molecular complexity index is 293. The van der Waals surface area contributed by atoms with Gasteiger partial charge < -0.3 is 10.1 Å². The summed E-state index contributed by atoms with van der Waals surface area (Å²) < 4.78 is 6.01. The Balaban J connectivity index is 2.74. The maximum atomic E-state index is 4.97. The van der Waals surface area contributed by atoms with E-state index >= 15 is 0 Å². The van der Waals surface area contributed by atoms with E-state index in [-0.39, 0.29) is 0 Å². The fraction of sp³-hybridized carbons (Fsp3) is 0.556. The molecule has 78 valence electrons. The molecule has 0 aliphatic heterocycles. The number of aromatic nitrogens is 2. The molecular formula is C9H14IN3O. The Labute approximate surface area is 97.6 Å². The molecule has 5 heteroatoms. The molecule has 0 aromatic carbocycles. The van der Waals surface area contributed by atoms with Crippen molar-refractivity contribution in [2.45, 2.75) is 20.0 Å². The van der Waals surface area contributed by atoms with E-state index in [4.69, 9.17) is 4.74 Å². The molecule has 1 N–H and O–H groups in total. The minimum atomic E-state index is 0.456. The van der Waals surface area contributed by atoms with Gasteiger partial charge in [-0.25, -0.2) is 9.97 Å². The van der Waals surface area contributed by atoms with Crippen LogP contribution < -0.4 is 5.32 Å². The Morgan fingerprint density at radius 1 is 1.57 bits per heavy atom. The van der Waals surface area contributed by atoms with Gasteiger partial charge in [-0.2, -0.15) is 0 Å². The molecule has 0 aliphatic rings. The third-order valence-electron chi connectivity index (χ3n) is 1.61. The summed E-state index contributed by atoms with van der Waals surface area (Å²) in [4.78, 5) is 8.50. The highest BCUT2D eigenvalue weighted by Gasteiger charge is 2.03. The van der Waals surface area contributed by atoms with Gasteiger partial charge in [-0.15, -0.1) is 0 Å². The van der Waals surface area contributed by atoms with Crippen LogP contribution in [0.5, 0.6) is 0 Å². The van der Waals surface area contributed by atoms with Crippen molar-refractivity contribution < 1.29 is 4.74 Å². The number of nitrogens with zero attached hydrogens (tertiary/aromatic N) is 2. The zero-order valence-corrected chi connectivity index (χ0v) is 10.5. The minimum Gasteiger partial charge on any atom is -0.377 e. The van der Waals surface area contributed by atoms with Gasteiger partial charge in [0.1, 0.15) is 12.4 Å². The summed E-state index contributed by atoms with van der Waals surface area (Å²) in [5.74, 6) is 1.61. The molecule has 14 heavy (non-hydrogen) atoms. The fourth-order valence-electron chi connectivity index (χ4n) is 0.970. The maximum absolute atomic E-state index is 4.97. The number of ether oxygens (including phenoxy) is 1. The molecule has 0 saturated heterocycles. The number of anilines is 1. The highest BCUT2D eigenvalue weighted by Crippen LogP contribution is 2.14. The van der Waals surface area contributed by atoms with Gasteiger partial charge in [0.2, 0.25) is 0 Å². The maximum Gasteiger partial charge on any atom is 0.156 e. The molecule has 0 atom stereocenters. The molecule has 0 aliphatic carbocycles.